The Bertz CT molecular complexity index is 445. The van der Waals surface area contributed by atoms with Crippen molar-refractivity contribution in [2.45, 2.75) is 33.7 Å². The third-order valence-corrected chi connectivity index (χ3v) is 3.48. The number of hydrogen-bond donors (Lipinski definition) is 2. The van der Waals surface area contributed by atoms with E-state index in [1.165, 1.54) is 0 Å². The molecule has 5 heteroatoms. The fourth-order valence-electron chi connectivity index (χ4n) is 1.61. The molecule has 1 unspecified atom stereocenters. The molecule has 1 aromatic heterocycles. The second kappa shape index (κ2) is 6.31. The van der Waals surface area contributed by atoms with Crippen LogP contribution in [0.15, 0.2) is 24.4 Å². The summed E-state index contributed by atoms with van der Waals surface area (Å²) in [6.07, 6.45) is 1.61. The molecule has 1 aromatic rings. The number of amides is 1. The fourth-order valence-corrected chi connectivity index (χ4v) is 1.61. The lowest BCUT2D eigenvalue weighted by Gasteiger charge is -2.28. The number of nitrogens with one attached hydrogen (secondary N) is 1. The number of aliphatic carboxylic acids is 1. The number of carbonyl (C=O) groups is 2. The molecule has 0 aliphatic rings. The van der Waals surface area contributed by atoms with E-state index in [0.29, 0.717) is 6.54 Å². The first-order valence-electron chi connectivity index (χ1n) is 6.26. The second-order valence-corrected chi connectivity index (χ2v) is 5.15. The monoisotopic (exact) mass is 264 g/mol. The quantitative estimate of drug-likeness (QED) is 0.821. The molecule has 1 atom stereocenters. The SMILES string of the molecule is CC(C)C(C)(CC(=O)NCc1ccccn1)C(=O)O. The molecule has 0 fully saturated rings. The number of nitrogens with zero attached hydrogens (tertiary/aromatic N) is 1. The predicted molar refractivity (Wildman–Crippen MR) is 71.3 cm³/mol. The van der Waals surface area contributed by atoms with Crippen molar-refractivity contribution in [1.29, 1.82) is 0 Å². The van der Waals surface area contributed by atoms with Crippen molar-refractivity contribution >= 4 is 11.9 Å². The number of rotatable bonds is 6. The third-order valence-electron chi connectivity index (χ3n) is 3.48. The van der Waals surface area contributed by atoms with E-state index in [1.54, 1.807) is 39.1 Å². The molecule has 0 saturated carbocycles. The minimum absolute atomic E-state index is 0.0349. The van der Waals surface area contributed by atoms with Gasteiger partial charge in [-0.25, -0.2) is 0 Å². The smallest absolute Gasteiger partial charge is 0.310 e. The van der Waals surface area contributed by atoms with E-state index in [2.05, 4.69) is 10.3 Å². The Morgan fingerprint density at radius 1 is 1.42 bits per heavy atom. The number of aromatic nitrogens is 1. The summed E-state index contributed by atoms with van der Waals surface area (Å²) in [6.45, 7) is 5.52. The Hall–Kier alpha value is -1.91. The predicted octanol–water partition coefficient (Wildman–Crippen LogP) is 1.83. The maximum Gasteiger partial charge on any atom is 0.310 e. The van der Waals surface area contributed by atoms with Crippen LogP contribution in [0.2, 0.25) is 0 Å². The van der Waals surface area contributed by atoms with Gasteiger partial charge in [-0.2, -0.15) is 0 Å². The van der Waals surface area contributed by atoms with Crippen LogP contribution in [0.4, 0.5) is 0 Å². The van der Waals surface area contributed by atoms with Crippen LogP contribution in [0.5, 0.6) is 0 Å². The van der Waals surface area contributed by atoms with Crippen molar-refractivity contribution in [1.82, 2.24) is 10.3 Å². The molecule has 1 heterocycles. The minimum Gasteiger partial charge on any atom is -0.481 e. The summed E-state index contributed by atoms with van der Waals surface area (Å²) < 4.78 is 0. The van der Waals surface area contributed by atoms with Gasteiger partial charge >= 0.3 is 5.97 Å². The lowest BCUT2D eigenvalue weighted by atomic mass is 9.76. The molecule has 2 N–H and O–H groups in total. The van der Waals surface area contributed by atoms with Crippen LogP contribution in [0.3, 0.4) is 0 Å². The Labute approximate surface area is 113 Å². The van der Waals surface area contributed by atoms with Crippen molar-refractivity contribution < 1.29 is 14.7 Å². The van der Waals surface area contributed by atoms with Crippen LogP contribution in [0.25, 0.3) is 0 Å². The van der Waals surface area contributed by atoms with E-state index in [-0.39, 0.29) is 18.2 Å². The highest BCUT2D eigenvalue weighted by Gasteiger charge is 2.38. The van der Waals surface area contributed by atoms with Crippen LogP contribution >= 0.6 is 0 Å². The molecule has 0 radical (unpaired) electrons. The number of carbonyl (C=O) groups excluding carboxylic acids is 1. The number of carboxylic acids is 1. The van der Waals surface area contributed by atoms with Gasteiger partial charge < -0.3 is 10.4 Å². The van der Waals surface area contributed by atoms with Gasteiger partial charge in [0, 0.05) is 12.6 Å². The number of hydrogen-bond acceptors (Lipinski definition) is 3. The molecule has 0 aliphatic heterocycles. The second-order valence-electron chi connectivity index (χ2n) is 5.15. The molecule has 0 spiro atoms. The van der Waals surface area contributed by atoms with Gasteiger partial charge in [0.05, 0.1) is 17.7 Å². The standard InChI is InChI=1S/C14H20N2O3/c1-10(2)14(3,13(18)19)8-12(17)16-9-11-6-4-5-7-15-11/h4-7,10H,8-9H2,1-3H3,(H,16,17)(H,18,19). The Morgan fingerprint density at radius 3 is 2.58 bits per heavy atom. The Kier molecular flexibility index (Phi) is 5.03. The first-order valence-corrected chi connectivity index (χ1v) is 6.26. The highest BCUT2D eigenvalue weighted by atomic mass is 16.4. The van der Waals surface area contributed by atoms with E-state index in [4.69, 9.17) is 0 Å². The molecule has 1 rings (SSSR count). The summed E-state index contributed by atoms with van der Waals surface area (Å²) in [4.78, 5) is 27.2. The normalized spacial score (nSPS) is 13.9. The highest BCUT2D eigenvalue weighted by molar-refractivity contribution is 5.84. The van der Waals surface area contributed by atoms with E-state index in [9.17, 15) is 14.7 Å². The van der Waals surface area contributed by atoms with Gasteiger partial charge in [-0.05, 0) is 25.0 Å². The molecule has 0 aromatic carbocycles. The Morgan fingerprint density at radius 2 is 2.11 bits per heavy atom. The van der Waals surface area contributed by atoms with Crippen LogP contribution in [0.1, 0.15) is 32.9 Å². The van der Waals surface area contributed by atoms with Crippen molar-refractivity contribution in [2.24, 2.45) is 11.3 Å². The Balaban J connectivity index is 2.57. The van der Waals surface area contributed by atoms with Crippen LogP contribution < -0.4 is 5.32 Å². The van der Waals surface area contributed by atoms with Crippen molar-refractivity contribution in [3.63, 3.8) is 0 Å². The van der Waals surface area contributed by atoms with Gasteiger partial charge in [-0.1, -0.05) is 19.9 Å². The molecule has 0 saturated heterocycles. The summed E-state index contributed by atoms with van der Waals surface area (Å²) in [5.41, 5.74) is -0.300. The van der Waals surface area contributed by atoms with Crippen LogP contribution in [0, 0.1) is 11.3 Å². The first kappa shape index (κ1) is 15.1. The van der Waals surface area contributed by atoms with Gasteiger partial charge in [0.15, 0.2) is 0 Å². The summed E-state index contributed by atoms with van der Waals surface area (Å²) in [6, 6.07) is 5.44. The highest BCUT2D eigenvalue weighted by Crippen LogP contribution is 2.31. The van der Waals surface area contributed by atoms with Crippen LogP contribution in [-0.4, -0.2) is 22.0 Å². The van der Waals surface area contributed by atoms with Gasteiger partial charge in [-0.15, -0.1) is 0 Å². The lowest BCUT2D eigenvalue weighted by molar-refractivity contribution is -0.153. The molecular formula is C14H20N2O3. The third kappa shape index (κ3) is 4.05. The summed E-state index contributed by atoms with van der Waals surface area (Å²) in [5, 5.41) is 11.9. The van der Waals surface area contributed by atoms with Gasteiger partial charge in [-0.3, -0.25) is 14.6 Å². The molecule has 104 valence electrons. The number of pyridine rings is 1. The van der Waals surface area contributed by atoms with Gasteiger partial charge in [0.2, 0.25) is 5.91 Å². The number of carboxylic acid groups (broad SMARTS) is 1. The average molecular weight is 264 g/mol. The molecular weight excluding hydrogens is 244 g/mol. The zero-order chi connectivity index (χ0) is 14.5. The molecule has 19 heavy (non-hydrogen) atoms. The summed E-state index contributed by atoms with van der Waals surface area (Å²) in [7, 11) is 0. The maximum absolute atomic E-state index is 11.8. The van der Waals surface area contributed by atoms with E-state index in [0.717, 1.165) is 5.69 Å². The zero-order valence-corrected chi connectivity index (χ0v) is 11.5. The van der Waals surface area contributed by atoms with Crippen molar-refractivity contribution in [2.75, 3.05) is 0 Å². The lowest BCUT2D eigenvalue weighted by Crippen LogP contribution is -2.39. The molecule has 1 amide bonds. The summed E-state index contributed by atoms with van der Waals surface area (Å²) in [5.74, 6) is -1.34. The first-order chi connectivity index (χ1) is 8.86. The molecule has 0 bridgehead atoms. The molecule has 0 aliphatic carbocycles. The topological polar surface area (TPSA) is 79.3 Å². The van der Waals surface area contributed by atoms with Crippen molar-refractivity contribution in [3.8, 4) is 0 Å². The van der Waals surface area contributed by atoms with E-state index in [1.807, 2.05) is 6.07 Å². The largest absolute Gasteiger partial charge is 0.481 e. The van der Waals surface area contributed by atoms with Gasteiger partial charge in [0.25, 0.3) is 0 Å². The fraction of sp³-hybridized carbons (Fsp3) is 0.500. The maximum atomic E-state index is 11.8. The van der Waals surface area contributed by atoms with Crippen molar-refractivity contribution in [3.05, 3.63) is 30.1 Å². The minimum atomic E-state index is -1.05. The van der Waals surface area contributed by atoms with Gasteiger partial charge in [0.1, 0.15) is 0 Å². The van der Waals surface area contributed by atoms with E-state index >= 15 is 0 Å². The summed E-state index contributed by atoms with van der Waals surface area (Å²) >= 11 is 0. The van der Waals surface area contributed by atoms with E-state index < -0.39 is 11.4 Å². The average Bonchev–Trinajstić information content (AvgIpc) is 2.37. The zero-order valence-electron chi connectivity index (χ0n) is 11.5. The molecule has 5 nitrogen and oxygen atoms in total. The van der Waals surface area contributed by atoms with Crippen LogP contribution in [-0.2, 0) is 16.1 Å².